The Morgan fingerprint density at radius 1 is 1.33 bits per heavy atom. The molecule has 0 unspecified atom stereocenters. The van der Waals surface area contributed by atoms with Crippen LogP contribution in [0.2, 0.25) is 0 Å². The SMILES string of the molecule is CCN(CC(=O)NC(C)C)C(=O)/C=C/c1ccccc1Br. The highest BCUT2D eigenvalue weighted by molar-refractivity contribution is 9.10. The molecule has 5 heteroatoms. The normalized spacial score (nSPS) is 10.9. The van der Waals surface area contributed by atoms with Crippen LogP contribution >= 0.6 is 15.9 Å². The van der Waals surface area contributed by atoms with Gasteiger partial charge in [0.25, 0.3) is 0 Å². The Morgan fingerprint density at radius 2 is 2.00 bits per heavy atom. The van der Waals surface area contributed by atoms with Gasteiger partial charge in [0.15, 0.2) is 0 Å². The minimum Gasteiger partial charge on any atom is -0.352 e. The molecule has 1 rings (SSSR count). The average molecular weight is 353 g/mol. The van der Waals surface area contributed by atoms with Crippen molar-refractivity contribution in [3.05, 3.63) is 40.4 Å². The summed E-state index contributed by atoms with van der Waals surface area (Å²) >= 11 is 3.43. The first kappa shape index (κ1) is 17.4. The van der Waals surface area contributed by atoms with E-state index >= 15 is 0 Å². The largest absolute Gasteiger partial charge is 0.352 e. The zero-order valence-corrected chi connectivity index (χ0v) is 14.2. The molecule has 4 nitrogen and oxygen atoms in total. The van der Waals surface area contributed by atoms with Crippen molar-refractivity contribution in [3.63, 3.8) is 0 Å². The van der Waals surface area contributed by atoms with E-state index in [-0.39, 0.29) is 24.4 Å². The molecule has 0 radical (unpaired) electrons. The summed E-state index contributed by atoms with van der Waals surface area (Å²) in [6.07, 6.45) is 3.24. The minimum atomic E-state index is -0.174. The third kappa shape index (κ3) is 6.12. The fourth-order valence-corrected chi connectivity index (χ4v) is 2.18. The first-order valence-electron chi connectivity index (χ1n) is 6.95. The van der Waals surface area contributed by atoms with Crippen LogP contribution in [0.3, 0.4) is 0 Å². The number of carbonyl (C=O) groups excluding carboxylic acids is 2. The van der Waals surface area contributed by atoms with Crippen LogP contribution in [0.15, 0.2) is 34.8 Å². The molecule has 114 valence electrons. The Bertz CT molecular complexity index is 527. The van der Waals surface area contributed by atoms with Crippen LogP contribution in [-0.2, 0) is 9.59 Å². The Morgan fingerprint density at radius 3 is 2.57 bits per heavy atom. The lowest BCUT2D eigenvalue weighted by molar-refractivity contribution is -0.132. The van der Waals surface area contributed by atoms with E-state index in [0.29, 0.717) is 6.54 Å². The van der Waals surface area contributed by atoms with E-state index in [9.17, 15) is 9.59 Å². The van der Waals surface area contributed by atoms with Crippen molar-refractivity contribution in [2.45, 2.75) is 26.8 Å². The Hall–Kier alpha value is -1.62. The predicted molar refractivity (Wildman–Crippen MR) is 88.7 cm³/mol. The summed E-state index contributed by atoms with van der Waals surface area (Å²) in [5.41, 5.74) is 0.925. The van der Waals surface area contributed by atoms with Gasteiger partial charge in [0.1, 0.15) is 0 Å². The molecular formula is C16H21BrN2O2. The molecule has 0 fully saturated rings. The van der Waals surface area contributed by atoms with E-state index in [2.05, 4.69) is 21.2 Å². The fraction of sp³-hybridized carbons (Fsp3) is 0.375. The Labute approximate surface area is 134 Å². The zero-order valence-electron chi connectivity index (χ0n) is 12.6. The summed E-state index contributed by atoms with van der Waals surface area (Å²) in [6.45, 7) is 6.21. The van der Waals surface area contributed by atoms with Crippen molar-refractivity contribution in [1.29, 1.82) is 0 Å². The van der Waals surface area contributed by atoms with Crippen LogP contribution in [0.5, 0.6) is 0 Å². The van der Waals surface area contributed by atoms with Crippen molar-refractivity contribution < 1.29 is 9.59 Å². The summed E-state index contributed by atoms with van der Waals surface area (Å²) in [4.78, 5) is 25.3. The summed E-state index contributed by atoms with van der Waals surface area (Å²) in [7, 11) is 0. The van der Waals surface area contributed by atoms with Crippen molar-refractivity contribution in [3.8, 4) is 0 Å². The van der Waals surface area contributed by atoms with Crippen molar-refractivity contribution in [2.75, 3.05) is 13.1 Å². The Balaban J connectivity index is 2.67. The Kier molecular flexibility index (Phi) is 7.15. The van der Waals surface area contributed by atoms with Crippen LogP contribution in [0.25, 0.3) is 6.08 Å². The molecule has 1 aromatic rings. The second-order valence-electron chi connectivity index (χ2n) is 4.93. The van der Waals surface area contributed by atoms with Gasteiger partial charge in [-0.25, -0.2) is 0 Å². The number of nitrogens with zero attached hydrogens (tertiary/aromatic N) is 1. The van der Waals surface area contributed by atoms with E-state index in [4.69, 9.17) is 0 Å². The average Bonchev–Trinajstić information content (AvgIpc) is 2.42. The van der Waals surface area contributed by atoms with Gasteiger partial charge >= 0.3 is 0 Å². The van der Waals surface area contributed by atoms with Crippen molar-refractivity contribution >= 4 is 33.8 Å². The van der Waals surface area contributed by atoms with Crippen LogP contribution in [0, 0.1) is 0 Å². The van der Waals surface area contributed by atoms with Gasteiger partial charge in [0, 0.05) is 23.1 Å². The molecule has 0 spiro atoms. The molecule has 0 aliphatic carbocycles. The van der Waals surface area contributed by atoms with E-state index in [1.807, 2.05) is 45.0 Å². The van der Waals surface area contributed by atoms with Gasteiger partial charge in [0.05, 0.1) is 6.54 Å². The van der Waals surface area contributed by atoms with E-state index in [1.165, 1.54) is 11.0 Å². The molecule has 0 saturated carbocycles. The minimum absolute atomic E-state index is 0.0714. The van der Waals surface area contributed by atoms with E-state index in [1.54, 1.807) is 6.08 Å². The summed E-state index contributed by atoms with van der Waals surface area (Å²) in [6, 6.07) is 7.72. The monoisotopic (exact) mass is 352 g/mol. The van der Waals surface area contributed by atoms with Gasteiger partial charge in [0.2, 0.25) is 11.8 Å². The van der Waals surface area contributed by atoms with E-state index < -0.39 is 0 Å². The quantitative estimate of drug-likeness (QED) is 0.800. The summed E-state index contributed by atoms with van der Waals surface area (Å²) < 4.78 is 0.926. The molecule has 0 aromatic heterocycles. The fourth-order valence-electron chi connectivity index (χ4n) is 1.76. The number of rotatable bonds is 6. The van der Waals surface area contributed by atoms with Gasteiger partial charge in [-0.1, -0.05) is 34.1 Å². The van der Waals surface area contributed by atoms with Gasteiger partial charge in [-0.3, -0.25) is 9.59 Å². The van der Waals surface area contributed by atoms with Crippen molar-refractivity contribution in [1.82, 2.24) is 10.2 Å². The number of carbonyl (C=O) groups is 2. The summed E-state index contributed by atoms with van der Waals surface area (Å²) in [5.74, 6) is -0.318. The summed E-state index contributed by atoms with van der Waals surface area (Å²) in [5, 5.41) is 2.78. The van der Waals surface area contributed by atoms with Crippen LogP contribution < -0.4 is 5.32 Å². The third-order valence-electron chi connectivity index (χ3n) is 2.79. The lowest BCUT2D eigenvalue weighted by Crippen LogP contribution is -2.42. The number of amides is 2. The van der Waals surface area contributed by atoms with Gasteiger partial charge in [-0.05, 0) is 38.5 Å². The second-order valence-corrected chi connectivity index (χ2v) is 5.78. The number of hydrogen-bond donors (Lipinski definition) is 1. The maximum atomic E-state index is 12.1. The number of hydrogen-bond acceptors (Lipinski definition) is 2. The van der Waals surface area contributed by atoms with Crippen LogP contribution in [-0.4, -0.2) is 35.8 Å². The first-order valence-corrected chi connectivity index (χ1v) is 7.74. The van der Waals surface area contributed by atoms with Crippen molar-refractivity contribution in [2.24, 2.45) is 0 Å². The second kappa shape index (κ2) is 8.62. The molecule has 2 amide bonds. The predicted octanol–water partition coefficient (Wildman–Crippen LogP) is 2.84. The van der Waals surface area contributed by atoms with Crippen LogP contribution in [0.1, 0.15) is 26.3 Å². The molecule has 0 heterocycles. The number of nitrogens with one attached hydrogen (secondary N) is 1. The smallest absolute Gasteiger partial charge is 0.247 e. The molecule has 1 N–H and O–H groups in total. The highest BCUT2D eigenvalue weighted by atomic mass is 79.9. The van der Waals surface area contributed by atoms with Crippen LogP contribution in [0.4, 0.5) is 0 Å². The zero-order chi connectivity index (χ0) is 15.8. The molecule has 0 bridgehead atoms. The number of halogens is 1. The van der Waals surface area contributed by atoms with E-state index in [0.717, 1.165) is 10.0 Å². The van der Waals surface area contributed by atoms with Gasteiger partial charge in [-0.2, -0.15) is 0 Å². The molecule has 0 aliphatic rings. The topological polar surface area (TPSA) is 49.4 Å². The maximum Gasteiger partial charge on any atom is 0.247 e. The maximum absolute atomic E-state index is 12.1. The lowest BCUT2D eigenvalue weighted by Gasteiger charge is -2.19. The molecule has 0 atom stereocenters. The van der Waals surface area contributed by atoms with Gasteiger partial charge in [-0.15, -0.1) is 0 Å². The molecule has 0 saturated heterocycles. The lowest BCUT2D eigenvalue weighted by atomic mass is 10.2. The highest BCUT2D eigenvalue weighted by Gasteiger charge is 2.13. The molecule has 21 heavy (non-hydrogen) atoms. The standard InChI is InChI=1S/C16H21BrN2O2/c1-4-19(11-15(20)18-12(2)3)16(21)10-9-13-7-5-6-8-14(13)17/h5-10,12H,4,11H2,1-3H3,(H,18,20)/b10-9+. The molecule has 1 aromatic carbocycles. The molecular weight excluding hydrogens is 332 g/mol. The number of benzene rings is 1. The number of likely N-dealkylation sites (N-methyl/N-ethyl adjacent to an activating group) is 1. The molecule has 0 aliphatic heterocycles. The highest BCUT2D eigenvalue weighted by Crippen LogP contribution is 2.17. The first-order chi connectivity index (χ1) is 9.93. The third-order valence-corrected chi connectivity index (χ3v) is 3.51. The van der Waals surface area contributed by atoms with Gasteiger partial charge < -0.3 is 10.2 Å².